The Morgan fingerprint density at radius 2 is 2.20 bits per heavy atom. The van der Waals surface area contributed by atoms with E-state index >= 15 is 0 Å². The third-order valence-electron chi connectivity index (χ3n) is 2.81. The molecule has 2 fully saturated rings. The summed E-state index contributed by atoms with van der Waals surface area (Å²) in [6.07, 6.45) is 1.89. The topological polar surface area (TPSA) is 51.0 Å². The van der Waals surface area contributed by atoms with E-state index in [-0.39, 0.29) is 13.0 Å². The van der Waals surface area contributed by atoms with Crippen LogP contribution in [0.3, 0.4) is 0 Å². The minimum Gasteiger partial charge on any atom is -0.339 e. The number of nitrogens with zero attached hydrogens (tertiary/aromatic N) is 2. The van der Waals surface area contributed by atoms with Crippen LogP contribution < -0.4 is 5.32 Å². The number of halogens is 2. The first-order valence-corrected chi connectivity index (χ1v) is 5.09. The lowest BCUT2D eigenvalue weighted by molar-refractivity contribution is 0.0207. The van der Waals surface area contributed by atoms with E-state index in [2.05, 4.69) is 15.5 Å². The van der Waals surface area contributed by atoms with Crippen molar-refractivity contribution in [3.63, 3.8) is 0 Å². The molecule has 4 nitrogen and oxygen atoms in total. The molecule has 1 saturated heterocycles. The zero-order valence-electron chi connectivity index (χ0n) is 8.04. The van der Waals surface area contributed by atoms with Crippen LogP contribution in [0.2, 0.25) is 0 Å². The standard InChI is InChI=1S/C9H11F2N3O/c10-9(11)3-6(12-4-9)7-13-8(15-14-7)5-1-2-5/h5-6,12H,1-4H2/t6-/m0/s1. The van der Waals surface area contributed by atoms with Crippen LogP contribution in [0.1, 0.15) is 42.9 Å². The molecule has 3 rings (SSSR count). The molecule has 0 bridgehead atoms. The van der Waals surface area contributed by atoms with Gasteiger partial charge in [-0.05, 0) is 12.8 Å². The molecule has 6 heteroatoms. The Morgan fingerprint density at radius 1 is 1.40 bits per heavy atom. The normalized spacial score (nSPS) is 29.6. The molecule has 1 N–H and O–H groups in total. The van der Waals surface area contributed by atoms with Crippen molar-refractivity contribution >= 4 is 0 Å². The number of hydrogen-bond donors (Lipinski definition) is 1. The summed E-state index contributed by atoms with van der Waals surface area (Å²) >= 11 is 0. The van der Waals surface area contributed by atoms with Gasteiger partial charge < -0.3 is 9.84 Å². The van der Waals surface area contributed by atoms with Gasteiger partial charge in [0.1, 0.15) is 0 Å². The smallest absolute Gasteiger partial charge is 0.262 e. The molecule has 0 amide bonds. The molecule has 82 valence electrons. The highest BCUT2D eigenvalue weighted by Crippen LogP contribution is 2.40. The van der Waals surface area contributed by atoms with Crippen LogP contribution in [0.15, 0.2) is 4.52 Å². The van der Waals surface area contributed by atoms with E-state index in [1.165, 1.54) is 0 Å². The third-order valence-corrected chi connectivity index (χ3v) is 2.81. The van der Waals surface area contributed by atoms with E-state index in [4.69, 9.17) is 4.52 Å². The molecule has 1 atom stereocenters. The van der Waals surface area contributed by atoms with Crippen molar-refractivity contribution in [2.75, 3.05) is 6.54 Å². The van der Waals surface area contributed by atoms with Crippen molar-refractivity contribution in [1.29, 1.82) is 0 Å². The Kier molecular flexibility index (Phi) is 1.83. The molecule has 15 heavy (non-hydrogen) atoms. The van der Waals surface area contributed by atoms with Crippen molar-refractivity contribution in [3.8, 4) is 0 Å². The zero-order chi connectivity index (χ0) is 10.5. The fourth-order valence-corrected chi connectivity index (χ4v) is 1.78. The van der Waals surface area contributed by atoms with Crippen molar-refractivity contribution in [1.82, 2.24) is 15.5 Å². The first kappa shape index (κ1) is 9.21. The molecule has 1 aliphatic heterocycles. The molecule has 1 aromatic heterocycles. The lowest BCUT2D eigenvalue weighted by atomic mass is 10.2. The van der Waals surface area contributed by atoms with Crippen molar-refractivity contribution in [3.05, 3.63) is 11.7 Å². The van der Waals surface area contributed by atoms with Crippen LogP contribution in [-0.2, 0) is 0 Å². The molecule has 0 radical (unpaired) electrons. The summed E-state index contributed by atoms with van der Waals surface area (Å²) in [6, 6.07) is -0.462. The molecule has 2 aliphatic rings. The van der Waals surface area contributed by atoms with Crippen LogP contribution in [0.25, 0.3) is 0 Å². The van der Waals surface area contributed by atoms with Crippen molar-refractivity contribution < 1.29 is 13.3 Å². The summed E-state index contributed by atoms with van der Waals surface area (Å²) in [5, 5.41) is 6.44. The highest BCUT2D eigenvalue weighted by atomic mass is 19.3. The Labute approximate surface area is 85.0 Å². The quantitative estimate of drug-likeness (QED) is 0.814. The lowest BCUT2D eigenvalue weighted by Crippen LogP contribution is -2.19. The minimum absolute atomic E-state index is 0.239. The Bertz CT molecular complexity index is 375. The number of alkyl halides is 2. The summed E-state index contributed by atoms with van der Waals surface area (Å²) in [5.74, 6) is -1.31. The summed E-state index contributed by atoms with van der Waals surface area (Å²) < 4.78 is 30.8. The molecule has 1 saturated carbocycles. The zero-order valence-corrected chi connectivity index (χ0v) is 8.04. The van der Waals surface area contributed by atoms with Crippen molar-refractivity contribution in [2.45, 2.75) is 37.1 Å². The summed E-state index contributed by atoms with van der Waals surface area (Å²) in [6.45, 7) is -0.301. The first-order valence-electron chi connectivity index (χ1n) is 5.09. The second kappa shape index (κ2) is 2.98. The van der Waals surface area contributed by atoms with Gasteiger partial charge in [-0.15, -0.1) is 0 Å². The fourth-order valence-electron chi connectivity index (χ4n) is 1.78. The number of rotatable bonds is 2. The van der Waals surface area contributed by atoms with Gasteiger partial charge in [0, 0.05) is 12.3 Å². The third kappa shape index (κ3) is 1.73. The maximum absolute atomic E-state index is 12.9. The first-order chi connectivity index (χ1) is 7.14. The summed E-state index contributed by atoms with van der Waals surface area (Å²) in [7, 11) is 0. The van der Waals surface area contributed by atoms with Gasteiger partial charge in [-0.1, -0.05) is 5.16 Å². The largest absolute Gasteiger partial charge is 0.339 e. The van der Waals surface area contributed by atoms with Gasteiger partial charge in [0.05, 0.1) is 12.6 Å². The van der Waals surface area contributed by atoms with E-state index in [0.29, 0.717) is 17.6 Å². The molecule has 2 heterocycles. The van der Waals surface area contributed by atoms with E-state index < -0.39 is 12.0 Å². The molecular formula is C9H11F2N3O. The van der Waals surface area contributed by atoms with E-state index in [0.717, 1.165) is 12.8 Å². The monoisotopic (exact) mass is 215 g/mol. The van der Waals surface area contributed by atoms with Crippen molar-refractivity contribution in [2.24, 2.45) is 0 Å². The van der Waals surface area contributed by atoms with Crippen LogP contribution in [0.5, 0.6) is 0 Å². The fraction of sp³-hybridized carbons (Fsp3) is 0.778. The average Bonchev–Trinajstić information content (AvgIpc) is 2.79. The SMILES string of the molecule is FC1(F)CN[C@H](c2noc(C3CC3)n2)C1. The van der Waals surface area contributed by atoms with Gasteiger partial charge >= 0.3 is 0 Å². The van der Waals surface area contributed by atoms with Crippen LogP contribution in [0, 0.1) is 0 Å². The molecule has 0 aromatic carbocycles. The second-order valence-electron chi connectivity index (χ2n) is 4.26. The van der Waals surface area contributed by atoms with Gasteiger partial charge in [0.2, 0.25) is 5.89 Å². The highest BCUT2D eigenvalue weighted by molar-refractivity contribution is 5.06. The average molecular weight is 215 g/mol. The molecule has 0 spiro atoms. The maximum atomic E-state index is 12.9. The molecular weight excluding hydrogens is 204 g/mol. The van der Waals surface area contributed by atoms with E-state index in [9.17, 15) is 8.78 Å². The van der Waals surface area contributed by atoms with Gasteiger partial charge in [-0.3, -0.25) is 0 Å². The predicted molar refractivity (Wildman–Crippen MR) is 46.6 cm³/mol. The van der Waals surface area contributed by atoms with Gasteiger partial charge in [0.15, 0.2) is 5.82 Å². The minimum atomic E-state index is -2.65. The lowest BCUT2D eigenvalue weighted by Gasteiger charge is -2.04. The van der Waals surface area contributed by atoms with Gasteiger partial charge in [-0.2, -0.15) is 4.98 Å². The Hall–Kier alpha value is -1.04. The molecule has 0 unspecified atom stereocenters. The predicted octanol–water partition coefficient (Wildman–Crippen LogP) is 1.62. The van der Waals surface area contributed by atoms with Crippen LogP contribution >= 0.6 is 0 Å². The van der Waals surface area contributed by atoms with E-state index in [1.54, 1.807) is 0 Å². The molecule has 1 aliphatic carbocycles. The number of aromatic nitrogens is 2. The second-order valence-corrected chi connectivity index (χ2v) is 4.26. The Balaban J connectivity index is 1.75. The summed E-state index contributed by atoms with van der Waals surface area (Å²) in [4.78, 5) is 4.15. The van der Waals surface area contributed by atoms with Crippen LogP contribution in [-0.4, -0.2) is 22.6 Å². The molecule has 1 aromatic rings. The van der Waals surface area contributed by atoms with Gasteiger partial charge in [0.25, 0.3) is 5.92 Å². The van der Waals surface area contributed by atoms with Gasteiger partial charge in [-0.25, -0.2) is 8.78 Å². The highest BCUT2D eigenvalue weighted by Gasteiger charge is 2.42. The van der Waals surface area contributed by atoms with Crippen LogP contribution in [0.4, 0.5) is 8.78 Å². The Morgan fingerprint density at radius 3 is 2.80 bits per heavy atom. The number of hydrogen-bond acceptors (Lipinski definition) is 4. The van der Waals surface area contributed by atoms with E-state index in [1.807, 2.05) is 0 Å². The number of nitrogens with one attached hydrogen (secondary N) is 1. The summed E-state index contributed by atoms with van der Waals surface area (Å²) in [5.41, 5.74) is 0. The maximum Gasteiger partial charge on any atom is 0.262 e.